The fourth-order valence-electron chi connectivity index (χ4n) is 2.18. The van der Waals surface area contributed by atoms with Crippen LogP contribution in [0.5, 0.6) is 11.5 Å². The number of fused-ring (bicyclic) bond motifs is 1. The molecule has 21 heavy (non-hydrogen) atoms. The number of nitrogen functional groups attached to an aromatic ring is 1. The Morgan fingerprint density at radius 3 is 2.33 bits per heavy atom. The number of furan rings is 1. The lowest BCUT2D eigenvalue weighted by Crippen LogP contribution is -2.11. The number of hydrogen-bond acceptors (Lipinski definition) is 5. The van der Waals surface area contributed by atoms with Crippen LogP contribution >= 0.6 is 0 Å². The summed E-state index contributed by atoms with van der Waals surface area (Å²) >= 11 is 0. The molecular weight excluding hydrogens is 272 g/mol. The molecule has 2 aromatic carbocycles. The smallest absolute Gasteiger partial charge is 0.286 e. The predicted molar refractivity (Wildman–Crippen MR) is 77.9 cm³/mol. The van der Waals surface area contributed by atoms with Gasteiger partial charge in [-0.05, 0) is 35.4 Å². The molecule has 0 saturated heterocycles. The van der Waals surface area contributed by atoms with Gasteiger partial charge in [-0.25, -0.2) is 0 Å². The van der Waals surface area contributed by atoms with E-state index in [1.165, 1.54) is 12.1 Å². The molecule has 1 aromatic heterocycles. The first-order chi connectivity index (χ1) is 9.97. The molecular formula is C15H12N2O4. The monoisotopic (exact) mass is 284 g/mol. The molecule has 6 heteroatoms. The van der Waals surface area contributed by atoms with E-state index in [0.717, 1.165) is 5.56 Å². The SMILES string of the molecule is NC(=O)c1oc2ccc(-c3ccc(O)c(O)c3)cc2c1N. The van der Waals surface area contributed by atoms with Crippen LogP contribution in [-0.2, 0) is 0 Å². The molecule has 0 fully saturated rings. The number of rotatable bonds is 2. The Balaban J connectivity index is 2.18. The topological polar surface area (TPSA) is 123 Å². The highest BCUT2D eigenvalue weighted by Gasteiger charge is 2.16. The zero-order chi connectivity index (χ0) is 15.1. The van der Waals surface area contributed by atoms with Crippen LogP contribution < -0.4 is 11.5 Å². The summed E-state index contributed by atoms with van der Waals surface area (Å²) in [6.07, 6.45) is 0. The number of anilines is 1. The van der Waals surface area contributed by atoms with Crippen molar-refractivity contribution in [2.24, 2.45) is 5.73 Å². The number of benzene rings is 2. The second-order valence-electron chi connectivity index (χ2n) is 4.62. The van der Waals surface area contributed by atoms with E-state index in [1.807, 2.05) is 0 Å². The highest BCUT2D eigenvalue weighted by molar-refractivity contribution is 6.05. The Hall–Kier alpha value is -3.15. The number of carbonyl (C=O) groups excluding carboxylic acids is 1. The number of nitrogens with two attached hydrogens (primary N) is 2. The summed E-state index contributed by atoms with van der Waals surface area (Å²) in [6.45, 7) is 0. The van der Waals surface area contributed by atoms with Crippen molar-refractivity contribution in [3.63, 3.8) is 0 Å². The molecule has 0 aliphatic rings. The van der Waals surface area contributed by atoms with E-state index in [2.05, 4.69) is 0 Å². The molecule has 6 nitrogen and oxygen atoms in total. The van der Waals surface area contributed by atoms with Gasteiger partial charge in [0, 0.05) is 5.39 Å². The summed E-state index contributed by atoms with van der Waals surface area (Å²) in [4.78, 5) is 11.2. The number of hydrogen-bond donors (Lipinski definition) is 4. The minimum absolute atomic E-state index is 0.0734. The quantitative estimate of drug-likeness (QED) is 0.537. The first-order valence-electron chi connectivity index (χ1n) is 6.11. The summed E-state index contributed by atoms with van der Waals surface area (Å²) in [5.41, 5.74) is 13.1. The highest BCUT2D eigenvalue weighted by atomic mass is 16.3. The average molecular weight is 284 g/mol. The van der Waals surface area contributed by atoms with E-state index in [1.54, 1.807) is 24.3 Å². The maximum absolute atomic E-state index is 11.2. The van der Waals surface area contributed by atoms with Crippen molar-refractivity contribution in [1.29, 1.82) is 0 Å². The van der Waals surface area contributed by atoms with Crippen molar-refractivity contribution in [2.75, 3.05) is 5.73 Å². The Morgan fingerprint density at radius 1 is 1.00 bits per heavy atom. The molecule has 0 spiro atoms. The highest BCUT2D eigenvalue weighted by Crippen LogP contribution is 2.35. The van der Waals surface area contributed by atoms with Crippen molar-refractivity contribution in [2.45, 2.75) is 0 Å². The van der Waals surface area contributed by atoms with Crippen molar-refractivity contribution >= 4 is 22.6 Å². The molecule has 1 amide bonds. The van der Waals surface area contributed by atoms with Crippen molar-refractivity contribution in [1.82, 2.24) is 0 Å². The lowest BCUT2D eigenvalue weighted by atomic mass is 10.0. The number of phenols is 2. The van der Waals surface area contributed by atoms with Crippen LogP contribution in [0.2, 0.25) is 0 Å². The predicted octanol–water partition coefficient (Wildman–Crippen LogP) is 2.19. The second kappa shape index (κ2) is 4.45. The minimum atomic E-state index is -0.729. The lowest BCUT2D eigenvalue weighted by molar-refractivity contribution is 0.0977. The first kappa shape index (κ1) is 12.9. The Kier molecular flexibility index (Phi) is 2.72. The molecule has 3 aromatic rings. The standard InChI is InChI=1S/C15H12N2O4/c16-13-9-5-7(8-1-3-10(18)11(19)6-8)2-4-12(9)21-14(13)15(17)20/h1-6,18-19H,16H2,(H2,17,20). The van der Waals surface area contributed by atoms with Gasteiger partial charge in [-0.1, -0.05) is 12.1 Å². The van der Waals surface area contributed by atoms with Crippen LogP contribution in [0.3, 0.4) is 0 Å². The molecule has 1 heterocycles. The van der Waals surface area contributed by atoms with Gasteiger partial charge in [0.05, 0.1) is 5.69 Å². The third-order valence-electron chi connectivity index (χ3n) is 3.26. The van der Waals surface area contributed by atoms with Crippen LogP contribution in [0, 0.1) is 0 Å². The van der Waals surface area contributed by atoms with Crippen molar-refractivity contribution in [3.8, 4) is 22.6 Å². The fourth-order valence-corrected chi connectivity index (χ4v) is 2.18. The van der Waals surface area contributed by atoms with E-state index in [0.29, 0.717) is 16.5 Å². The minimum Gasteiger partial charge on any atom is -0.504 e. The molecule has 0 saturated carbocycles. The molecule has 3 rings (SSSR count). The van der Waals surface area contributed by atoms with Crippen LogP contribution in [0.15, 0.2) is 40.8 Å². The normalized spacial score (nSPS) is 10.9. The fraction of sp³-hybridized carbons (Fsp3) is 0. The molecule has 0 aliphatic carbocycles. The summed E-state index contributed by atoms with van der Waals surface area (Å²) in [6, 6.07) is 9.62. The summed E-state index contributed by atoms with van der Waals surface area (Å²) in [7, 11) is 0. The van der Waals surface area contributed by atoms with Gasteiger partial charge in [0.1, 0.15) is 5.58 Å². The molecule has 6 N–H and O–H groups in total. The Labute approximate surface area is 119 Å². The van der Waals surface area contributed by atoms with Gasteiger partial charge in [0.25, 0.3) is 5.91 Å². The summed E-state index contributed by atoms with van der Waals surface area (Å²) < 4.78 is 5.31. The number of carbonyl (C=O) groups is 1. The van der Waals surface area contributed by atoms with Gasteiger partial charge in [0.2, 0.25) is 5.76 Å². The van der Waals surface area contributed by atoms with E-state index >= 15 is 0 Å². The van der Waals surface area contributed by atoms with E-state index in [9.17, 15) is 15.0 Å². The van der Waals surface area contributed by atoms with Crippen LogP contribution in [0.4, 0.5) is 5.69 Å². The van der Waals surface area contributed by atoms with Gasteiger partial charge < -0.3 is 26.1 Å². The van der Waals surface area contributed by atoms with Gasteiger partial charge in [0.15, 0.2) is 11.5 Å². The third-order valence-corrected chi connectivity index (χ3v) is 3.26. The van der Waals surface area contributed by atoms with Crippen LogP contribution in [0.25, 0.3) is 22.1 Å². The van der Waals surface area contributed by atoms with Crippen molar-refractivity contribution < 1.29 is 19.4 Å². The Bertz CT molecular complexity index is 867. The van der Waals surface area contributed by atoms with Gasteiger partial charge in [-0.2, -0.15) is 0 Å². The largest absolute Gasteiger partial charge is 0.504 e. The van der Waals surface area contributed by atoms with Crippen LogP contribution in [-0.4, -0.2) is 16.1 Å². The number of primary amides is 1. The number of phenolic OH excluding ortho intramolecular Hbond substituents is 2. The van der Waals surface area contributed by atoms with Crippen molar-refractivity contribution in [3.05, 3.63) is 42.2 Å². The van der Waals surface area contributed by atoms with Crippen LogP contribution in [0.1, 0.15) is 10.6 Å². The molecule has 0 atom stereocenters. The number of aromatic hydroxyl groups is 2. The van der Waals surface area contributed by atoms with Gasteiger partial charge in [-0.3, -0.25) is 4.79 Å². The third kappa shape index (κ3) is 2.02. The average Bonchev–Trinajstić information content (AvgIpc) is 2.79. The zero-order valence-corrected chi connectivity index (χ0v) is 10.8. The summed E-state index contributed by atoms with van der Waals surface area (Å²) in [5.74, 6) is -1.22. The summed E-state index contributed by atoms with van der Waals surface area (Å²) in [5, 5.41) is 19.5. The lowest BCUT2D eigenvalue weighted by Gasteiger charge is -2.04. The maximum Gasteiger partial charge on any atom is 0.286 e. The molecule has 0 unspecified atom stereocenters. The Morgan fingerprint density at radius 2 is 1.67 bits per heavy atom. The molecule has 106 valence electrons. The van der Waals surface area contributed by atoms with Gasteiger partial charge >= 0.3 is 0 Å². The first-order valence-corrected chi connectivity index (χ1v) is 6.11. The molecule has 0 radical (unpaired) electrons. The maximum atomic E-state index is 11.2. The molecule has 0 bridgehead atoms. The second-order valence-corrected chi connectivity index (χ2v) is 4.62. The van der Waals surface area contributed by atoms with E-state index in [4.69, 9.17) is 15.9 Å². The number of amides is 1. The van der Waals surface area contributed by atoms with Gasteiger partial charge in [-0.15, -0.1) is 0 Å². The van der Waals surface area contributed by atoms with E-state index in [-0.39, 0.29) is 22.9 Å². The van der Waals surface area contributed by atoms with E-state index < -0.39 is 5.91 Å². The zero-order valence-electron chi connectivity index (χ0n) is 10.8. The molecule has 0 aliphatic heterocycles.